The molecule has 0 heterocycles. The highest BCUT2D eigenvalue weighted by Gasteiger charge is 2.07. The molecule has 126 valence electrons. The zero-order valence-electron chi connectivity index (χ0n) is 12.9. The van der Waals surface area contributed by atoms with Crippen LogP contribution in [0.1, 0.15) is 5.56 Å². The highest BCUT2D eigenvalue weighted by Crippen LogP contribution is 2.13. The number of methoxy groups -OCH3 is 1. The maximum Gasteiger partial charge on any atom is 0.323 e. The van der Waals surface area contributed by atoms with E-state index in [1.165, 1.54) is 30.5 Å². The van der Waals surface area contributed by atoms with E-state index in [-0.39, 0.29) is 4.90 Å². The largest absolute Gasteiger partial charge is 0.497 e. The van der Waals surface area contributed by atoms with E-state index < -0.39 is 16.1 Å². The van der Waals surface area contributed by atoms with E-state index in [1.807, 2.05) is 24.3 Å². The molecule has 0 aliphatic rings. The summed E-state index contributed by atoms with van der Waals surface area (Å²) in [6.45, 7) is 0. The number of hydrogen-bond donors (Lipinski definition) is 3. The maximum atomic E-state index is 11.7. The Hall–Kier alpha value is -2.84. The molecule has 2 amide bonds. The van der Waals surface area contributed by atoms with Crippen LogP contribution in [-0.4, -0.2) is 21.6 Å². The molecule has 0 aliphatic carbocycles. The lowest BCUT2D eigenvalue weighted by Gasteiger charge is -2.05. The van der Waals surface area contributed by atoms with Gasteiger partial charge < -0.3 is 15.4 Å². The fourth-order valence-corrected chi connectivity index (χ4v) is 2.34. The van der Waals surface area contributed by atoms with Crippen LogP contribution in [0.15, 0.2) is 59.6 Å². The average Bonchev–Trinajstić information content (AvgIpc) is 2.55. The van der Waals surface area contributed by atoms with Gasteiger partial charge in [-0.15, -0.1) is 0 Å². The number of ether oxygens (including phenoxy) is 1. The van der Waals surface area contributed by atoms with Crippen molar-refractivity contribution in [2.24, 2.45) is 5.14 Å². The van der Waals surface area contributed by atoms with Crippen LogP contribution in [0.5, 0.6) is 5.75 Å². The molecule has 0 saturated heterocycles. The summed E-state index contributed by atoms with van der Waals surface area (Å²) in [4.78, 5) is 11.7. The summed E-state index contributed by atoms with van der Waals surface area (Å²) < 4.78 is 27.3. The fraction of sp³-hybridized carbons (Fsp3) is 0.0625. The number of carbonyl (C=O) groups is 1. The van der Waals surface area contributed by atoms with Crippen molar-refractivity contribution < 1.29 is 17.9 Å². The second-order valence-corrected chi connectivity index (χ2v) is 6.34. The second kappa shape index (κ2) is 7.62. The van der Waals surface area contributed by atoms with Crippen LogP contribution < -0.4 is 20.5 Å². The predicted octanol–water partition coefficient (Wildman–Crippen LogP) is 2.13. The van der Waals surface area contributed by atoms with Crippen LogP contribution in [0.25, 0.3) is 6.08 Å². The Kier molecular flexibility index (Phi) is 5.56. The van der Waals surface area contributed by atoms with Gasteiger partial charge in [0.2, 0.25) is 10.0 Å². The lowest BCUT2D eigenvalue weighted by molar-refractivity contribution is 0.255. The molecule has 24 heavy (non-hydrogen) atoms. The second-order valence-electron chi connectivity index (χ2n) is 4.77. The Labute approximate surface area is 140 Å². The zero-order chi connectivity index (χ0) is 17.6. The number of anilines is 1. The maximum absolute atomic E-state index is 11.7. The molecule has 0 aliphatic heterocycles. The molecular formula is C16H17N3O4S. The van der Waals surface area contributed by atoms with Gasteiger partial charge >= 0.3 is 6.03 Å². The minimum absolute atomic E-state index is 0.0205. The number of urea groups is 1. The topological polar surface area (TPSA) is 111 Å². The minimum Gasteiger partial charge on any atom is -0.497 e. The number of hydrogen-bond acceptors (Lipinski definition) is 4. The van der Waals surface area contributed by atoms with Crippen LogP contribution in [0.2, 0.25) is 0 Å². The highest BCUT2D eigenvalue weighted by molar-refractivity contribution is 7.89. The number of rotatable bonds is 5. The van der Waals surface area contributed by atoms with Crippen molar-refractivity contribution >= 4 is 27.8 Å². The van der Waals surface area contributed by atoms with E-state index in [0.717, 1.165) is 11.3 Å². The van der Waals surface area contributed by atoms with Gasteiger partial charge in [0.25, 0.3) is 0 Å². The Bertz CT molecular complexity index is 829. The first-order valence-electron chi connectivity index (χ1n) is 6.89. The van der Waals surface area contributed by atoms with Gasteiger partial charge in [0, 0.05) is 11.9 Å². The molecule has 0 radical (unpaired) electrons. The van der Waals surface area contributed by atoms with Gasteiger partial charge in [-0.2, -0.15) is 0 Å². The number of nitrogens with one attached hydrogen (secondary N) is 2. The monoisotopic (exact) mass is 347 g/mol. The molecule has 4 N–H and O–H groups in total. The van der Waals surface area contributed by atoms with Crippen molar-refractivity contribution in [1.82, 2.24) is 5.32 Å². The fourth-order valence-electron chi connectivity index (χ4n) is 1.82. The van der Waals surface area contributed by atoms with Gasteiger partial charge in [-0.05, 0) is 48.0 Å². The number of sulfonamides is 1. The number of benzene rings is 2. The summed E-state index contributed by atoms with van der Waals surface area (Å²) in [6.07, 6.45) is 3.22. The molecule has 7 nitrogen and oxygen atoms in total. The van der Waals surface area contributed by atoms with Gasteiger partial charge in [-0.3, -0.25) is 0 Å². The van der Waals surface area contributed by atoms with E-state index in [9.17, 15) is 13.2 Å². The quantitative estimate of drug-likeness (QED) is 0.769. The predicted molar refractivity (Wildman–Crippen MR) is 92.0 cm³/mol. The van der Waals surface area contributed by atoms with Crippen molar-refractivity contribution in [2.45, 2.75) is 4.90 Å². The third-order valence-corrected chi connectivity index (χ3v) is 3.98. The summed E-state index contributed by atoms with van der Waals surface area (Å²) in [6, 6.07) is 12.4. The van der Waals surface area contributed by atoms with Crippen molar-refractivity contribution in [3.8, 4) is 5.75 Å². The van der Waals surface area contributed by atoms with Crippen molar-refractivity contribution in [3.63, 3.8) is 0 Å². The van der Waals surface area contributed by atoms with Crippen LogP contribution in [-0.2, 0) is 10.0 Å². The minimum atomic E-state index is -3.75. The summed E-state index contributed by atoms with van der Waals surface area (Å²) >= 11 is 0. The normalized spacial score (nSPS) is 11.2. The lowest BCUT2D eigenvalue weighted by atomic mass is 10.2. The molecule has 0 spiro atoms. The Morgan fingerprint density at radius 1 is 1.08 bits per heavy atom. The van der Waals surface area contributed by atoms with E-state index in [4.69, 9.17) is 9.88 Å². The van der Waals surface area contributed by atoms with Gasteiger partial charge in [0.15, 0.2) is 0 Å². The van der Waals surface area contributed by atoms with Crippen LogP contribution in [0.3, 0.4) is 0 Å². The Balaban J connectivity index is 1.89. The number of amides is 2. The first-order valence-corrected chi connectivity index (χ1v) is 8.44. The lowest BCUT2D eigenvalue weighted by Crippen LogP contribution is -2.23. The van der Waals surface area contributed by atoms with E-state index in [1.54, 1.807) is 13.2 Å². The molecule has 0 saturated carbocycles. The summed E-state index contributed by atoms with van der Waals surface area (Å²) in [5.41, 5.74) is 1.34. The molecule has 2 aromatic rings. The van der Waals surface area contributed by atoms with E-state index in [0.29, 0.717) is 5.69 Å². The summed E-state index contributed by atoms with van der Waals surface area (Å²) in [5.74, 6) is 0.751. The van der Waals surface area contributed by atoms with Gasteiger partial charge in [-0.1, -0.05) is 12.1 Å². The summed E-state index contributed by atoms with van der Waals surface area (Å²) in [7, 11) is -2.16. The average molecular weight is 347 g/mol. The molecule has 0 fully saturated rings. The Morgan fingerprint density at radius 2 is 1.71 bits per heavy atom. The van der Waals surface area contributed by atoms with Crippen molar-refractivity contribution in [1.29, 1.82) is 0 Å². The van der Waals surface area contributed by atoms with E-state index >= 15 is 0 Å². The standard InChI is InChI=1S/C16H17N3O4S/c1-23-14-6-2-12(3-7-14)10-11-18-16(20)19-13-4-8-15(9-5-13)24(17,21)22/h2-11H,1H3,(H2,17,21,22)(H2,18,19,20)/b11-10+. The smallest absolute Gasteiger partial charge is 0.323 e. The van der Waals surface area contributed by atoms with Gasteiger partial charge in [0.05, 0.1) is 12.0 Å². The molecular weight excluding hydrogens is 330 g/mol. The highest BCUT2D eigenvalue weighted by atomic mass is 32.2. The van der Waals surface area contributed by atoms with Gasteiger partial charge in [0.1, 0.15) is 5.75 Å². The molecule has 0 unspecified atom stereocenters. The molecule has 2 aromatic carbocycles. The SMILES string of the molecule is COc1ccc(/C=C/NC(=O)Nc2ccc(S(N)(=O)=O)cc2)cc1. The van der Waals surface area contributed by atoms with Crippen LogP contribution in [0.4, 0.5) is 10.5 Å². The molecule has 8 heteroatoms. The number of carbonyl (C=O) groups excluding carboxylic acids is 1. The molecule has 0 atom stereocenters. The summed E-state index contributed by atoms with van der Waals surface area (Å²) in [5, 5.41) is 10.1. The number of primary sulfonamides is 1. The molecule has 0 aromatic heterocycles. The third kappa shape index (κ3) is 5.11. The van der Waals surface area contributed by atoms with Gasteiger partial charge in [-0.25, -0.2) is 18.4 Å². The first kappa shape index (κ1) is 17.5. The van der Waals surface area contributed by atoms with Crippen LogP contribution >= 0.6 is 0 Å². The molecule has 2 rings (SSSR count). The van der Waals surface area contributed by atoms with Crippen molar-refractivity contribution in [2.75, 3.05) is 12.4 Å². The zero-order valence-corrected chi connectivity index (χ0v) is 13.7. The first-order chi connectivity index (χ1) is 11.4. The Morgan fingerprint density at radius 3 is 2.25 bits per heavy atom. The molecule has 0 bridgehead atoms. The van der Waals surface area contributed by atoms with Crippen LogP contribution in [0, 0.1) is 0 Å². The van der Waals surface area contributed by atoms with Crippen molar-refractivity contribution in [3.05, 3.63) is 60.3 Å². The third-order valence-electron chi connectivity index (χ3n) is 3.05. The number of nitrogens with two attached hydrogens (primary N) is 1. The van der Waals surface area contributed by atoms with E-state index in [2.05, 4.69) is 10.6 Å².